The molecule has 0 bridgehead atoms. The minimum Gasteiger partial charge on any atom is -0.447 e. The van der Waals surface area contributed by atoms with Gasteiger partial charge < -0.3 is 9.84 Å². The van der Waals surface area contributed by atoms with Gasteiger partial charge in [-0.15, -0.1) is 0 Å². The molecule has 5 heteroatoms. The lowest BCUT2D eigenvalue weighted by atomic mass is 9.93. The highest BCUT2D eigenvalue weighted by Crippen LogP contribution is 2.19. The molecule has 0 aromatic heterocycles. The molecule has 24 heavy (non-hydrogen) atoms. The third-order valence-corrected chi connectivity index (χ3v) is 4.54. The van der Waals surface area contributed by atoms with Crippen molar-refractivity contribution >= 4 is 12.0 Å². The smallest absolute Gasteiger partial charge is 0.417 e. The zero-order chi connectivity index (χ0) is 17.5. The molecule has 1 heterocycles. The van der Waals surface area contributed by atoms with Gasteiger partial charge in [-0.1, -0.05) is 50.3 Å². The van der Waals surface area contributed by atoms with Crippen molar-refractivity contribution in [2.24, 2.45) is 11.8 Å². The zero-order valence-electron chi connectivity index (χ0n) is 14.2. The molecule has 2 rings (SSSR count). The van der Waals surface area contributed by atoms with Crippen LogP contribution in [-0.2, 0) is 16.0 Å². The summed E-state index contributed by atoms with van der Waals surface area (Å²) in [5.74, 6) is 0.0680. The van der Waals surface area contributed by atoms with E-state index < -0.39 is 6.09 Å². The fraction of sp³-hybridized carbons (Fsp3) is 0.474. The van der Waals surface area contributed by atoms with Gasteiger partial charge in [0.1, 0.15) is 6.61 Å². The molecule has 0 spiro atoms. The van der Waals surface area contributed by atoms with Gasteiger partial charge in [-0.3, -0.25) is 4.79 Å². The number of cyclic esters (lactones) is 1. The Bertz CT molecular complexity index is 584. The average Bonchev–Trinajstić information content (AvgIpc) is 2.94. The van der Waals surface area contributed by atoms with Crippen LogP contribution in [0.5, 0.6) is 0 Å². The molecule has 130 valence electrons. The number of benzene rings is 1. The number of carbonyl (C=O) groups is 2. The summed E-state index contributed by atoms with van der Waals surface area (Å²) in [6.45, 7) is 4.38. The second-order valence-corrected chi connectivity index (χ2v) is 6.34. The van der Waals surface area contributed by atoms with Gasteiger partial charge in [0.15, 0.2) is 0 Å². The number of imide groups is 1. The summed E-state index contributed by atoms with van der Waals surface area (Å²) in [5.41, 5.74) is 1.06. The summed E-state index contributed by atoms with van der Waals surface area (Å²) in [4.78, 5) is 25.5. The number of hydrogen-bond donors (Lipinski definition) is 1. The van der Waals surface area contributed by atoms with E-state index in [1.807, 2.05) is 44.2 Å². The third kappa shape index (κ3) is 4.68. The molecule has 1 saturated heterocycles. The van der Waals surface area contributed by atoms with Crippen molar-refractivity contribution in [1.82, 2.24) is 4.90 Å². The van der Waals surface area contributed by atoms with E-state index >= 15 is 0 Å². The van der Waals surface area contributed by atoms with Crippen molar-refractivity contribution in [2.75, 3.05) is 13.2 Å². The van der Waals surface area contributed by atoms with E-state index in [9.17, 15) is 9.59 Å². The Morgan fingerprint density at radius 3 is 2.75 bits per heavy atom. The van der Waals surface area contributed by atoms with Crippen LogP contribution < -0.4 is 0 Å². The second kappa shape index (κ2) is 8.64. The van der Waals surface area contributed by atoms with Crippen LogP contribution >= 0.6 is 0 Å². The fourth-order valence-electron chi connectivity index (χ4n) is 2.74. The Morgan fingerprint density at radius 2 is 2.08 bits per heavy atom. The summed E-state index contributed by atoms with van der Waals surface area (Å²) in [6.07, 6.45) is 3.93. The Balaban J connectivity index is 2.01. The van der Waals surface area contributed by atoms with Gasteiger partial charge in [0.05, 0.1) is 6.04 Å². The van der Waals surface area contributed by atoms with E-state index in [0.717, 1.165) is 5.56 Å². The predicted molar refractivity (Wildman–Crippen MR) is 91.3 cm³/mol. The second-order valence-electron chi connectivity index (χ2n) is 6.34. The molecule has 1 N–H and O–H groups in total. The lowest BCUT2D eigenvalue weighted by molar-refractivity contribution is -0.124. The summed E-state index contributed by atoms with van der Waals surface area (Å²) >= 11 is 0. The first kappa shape index (κ1) is 18.2. The largest absolute Gasteiger partial charge is 0.447 e. The Morgan fingerprint density at radius 1 is 1.38 bits per heavy atom. The van der Waals surface area contributed by atoms with E-state index in [-0.39, 0.29) is 37.0 Å². The highest BCUT2D eigenvalue weighted by atomic mass is 16.6. The van der Waals surface area contributed by atoms with E-state index in [2.05, 4.69) is 0 Å². The van der Waals surface area contributed by atoms with Gasteiger partial charge >= 0.3 is 6.09 Å². The number of allylic oxidation sites excluding steroid dienone is 1. The quantitative estimate of drug-likeness (QED) is 0.780. The Kier molecular flexibility index (Phi) is 6.55. The van der Waals surface area contributed by atoms with Crippen molar-refractivity contribution in [3.05, 3.63) is 48.0 Å². The summed E-state index contributed by atoms with van der Waals surface area (Å²) in [6, 6.07) is 9.47. The van der Waals surface area contributed by atoms with Gasteiger partial charge in [0, 0.05) is 6.61 Å². The molecule has 1 aromatic carbocycles. The number of amides is 2. The maximum atomic E-state index is 12.4. The Labute approximate surface area is 142 Å². The normalized spacial score (nSPS) is 20.2. The first-order valence-corrected chi connectivity index (χ1v) is 8.36. The number of aliphatic hydroxyl groups excluding tert-OH is 1. The van der Waals surface area contributed by atoms with Crippen molar-refractivity contribution in [3.8, 4) is 0 Å². The van der Waals surface area contributed by atoms with Crippen molar-refractivity contribution in [1.29, 1.82) is 0 Å². The summed E-state index contributed by atoms with van der Waals surface area (Å²) in [5, 5.41) is 8.98. The lowest BCUT2D eigenvalue weighted by Crippen LogP contribution is -2.39. The van der Waals surface area contributed by atoms with Crippen molar-refractivity contribution < 1.29 is 19.4 Å². The molecule has 1 aliphatic rings. The first-order chi connectivity index (χ1) is 11.5. The molecule has 1 aliphatic heterocycles. The van der Waals surface area contributed by atoms with Crippen LogP contribution in [0.1, 0.15) is 25.8 Å². The standard InChI is InChI=1S/C19H25NO4/c1-14(15(2)10-11-21)8-9-18(22)20-17(13-24-19(20)23)12-16-6-4-3-5-7-16/h3-9,14-15,17,21H,10-13H2,1-2H3/b9-8+/t14-,15+,17-/m0/s1. The maximum Gasteiger partial charge on any atom is 0.417 e. The number of nitrogens with zero attached hydrogens (tertiary/aromatic N) is 1. The summed E-state index contributed by atoms with van der Waals surface area (Å²) in [7, 11) is 0. The maximum absolute atomic E-state index is 12.4. The molecule has 3 atom stereocenters. The number of aliphatic hydroxyl groups is 1. The Hall–Kier alpha value is -2.14. The summed E-state index contributed by atoms with van der Waals surface area (Å²) < 4.78 is 5.06. The van der Waals surface area contributed by atoms with E-state index in [0.29, 0.717) is 12.8 Å². The van der Waals surface area contributed by atoms with Crippen molar-refractivity contribution in [2.45, 2.75) is 32.7 Å². The minimum atomic E-state index is -0.582. The molecule has 1 aromatic rings. The van der Waals surface area contributed by atoms with Gasteiger partial charge in [-0.2, -0.15) is 0 Å². The van der Waals surface area contributed by atoms with Gasteiger partial charge in [-0.05, 0) is 36.3 Å². The van der Waals surface area contributed by atoms with E-state index in [1.165, 1.54) is 11.0 Å². The SMILES string of the molecule is C[C@H](CCO)[C@@H](C)/C=C/C(=O)N1C(=O)OC[C@@H]1Cc1ccccc1. The van der Waals surface area contributed by atoms with E-state index in [1.54, 1.807) is 6.08 Å². The number of ether oxygens (including phenoxy) is 1. The first-order valence-electron chi connectivity index (χ1n) is 8.36. The highest BCUT2D eigenvalue weighted by Gasteiger charge is 2.36. The average molecular weight is 331 g/mol. The lowest BCUT2D eigenvalue weighted by Gasteiger charge is -2.19. The molecular formula is C19H25NO4. The van der Waals surface area contributed by atoms with Crippen LogP contribution in [0.2, 0.25) is 0 Å². The van der Waals surface area contributed by atoms with Crippen LogP contribution in [0.15, 0.2) is 42.5 Å². The molecular weight excluding hydrogens is 306 g/mol. The topological polar surface area (TPSA) is 66.8 Å². The minimum absolute atomic E-state index is 0.130. The number of rotatable bonds is 7. The number of carbonyl (C=O) groups excluding carboxylic acids is 2. The predicted octanol–water partition coefficient (Wildman–Crippen LogP) is 2.79. The molecule has 0 unspecified atom stereocenters. The molecule has 0 aliphatic carbocycles. The third-order valence-electron chi connectivity index (χ3n) is 4.54. The zero-order valence-corrected chi connectivity index (χ0v) is 14.2. The van der Waals surface area contributed by atoms with Gasteiger partial charge in [-0.25, -0.2) is 9.69 Å². The van der Waals surface area contributed by atoms with Gasteiger partial charge in [0.25, 0.3) is 5.91 Å². The van der Waals surface area contributed by atoms with Crippen LogP contribution in [0, 0.1) is 11.8 Å². The van der Waals surface area contributed by atoms with Crippen LogP contribution in [0.3, 0.4) is 0 Å². The van der Waals surface area contributed by atoms with Crippen LogP contribution in [-0.4, -0.2) is 41.3 Å². The fourth-order valence-corrected chi connectivity index (χ4v) is 2.74. The van der Waals surface area contributed by atoms with E-state index in [4.69, 9.17) is 9.84 Å². The molecule has 1 fully saturated rings. The van der Waals surface area contributed by atoms with Crippen LogP contribution in [0.4, 0.5) is 4.79 Å². The highest BCUT2D eigenvalue weighted by molar-refractivity contribution is 5.99. The van der Waals surface area contributed by atoms with Crippen LogP contribution in [0.25, 0.3) is 0 Å². The molecule has 0 radical (unpaired) electrons. The molecule has 2 amide bonds. The van der Waals surface area contributed by atoms with Gasteiger partial charge in [0.2, 0.25) is 0 Å². The molecule has 5 nitrogen and oxygen atoms in total. The molecule has 0 saturated carbocycles. The van der Waals surface area contributed by atoms with Crippen molar-refractivity contribution in [3.63, 3.8) is 0 Å². The number of hydrogen-bond acceptors (Lipinski definition) is 4. The monoisotopic (exact) mass is 331 g/mol.